The Labute approximate surface area is 173 Å². The van der Waals surface area contributed by atoms with Crippen molar-refractivity contribution in [3.05, 3.63) is 100 Å². The van der Waals surface area contributed by atoms with Gasteiger partial charge in [0.25, 0.3) is 5.56 Å². The van der Waals surface area contributed by atoms with E-state index in [0.717, 1.165) is 16.8 Å². The van der Waals surface area contributed by atoms with Crippen LogP contribution in [0.2, 0.25) is 0 Å². The standard InChI is InChI=1S/C24H20N4O2/c1-17-6-4-10-21-23(17)26-16-28(24(21)30)15-22(29)27-20-9-5-7-18(14-20)11-12-19-8-2-3-13-25-19/h2-14,16H,15H2,1H3,(H,27,29)/b12-11+. The zero-order chi connectivity index (χ0) is 20.9. The zero-order valence-electron chi connectivity index (χ0n) is 16.4. The number of benzene rings is 2. The smallest absolute Gasteiger partial charge is 0.261 e. The second kappa shape index (κ2) is 8.53. The zero-order valence-corrected chi connectivity index (χ0v) is 16.4. The van der Waals surface area contributed by atoms with Gasteiger partial charge in [0.2, 0.25) is 5.91 Å². The minimum Gasteiger partial charge on any atom is -0.325 e. The fraction of sp³-hybridized carbons (Fsp3) is 0.0833. The predicted octanol–water partition coefficient (Wildman–Crippen LogP) is 3.91. The van der Waals surface area contributed by atoms with Crippen LogP contribution >= 0.6 is 0 Å². The van der Waals surface area contributed by atoms with Crippen LogP contribution in [0.15, 0.2) is 78.0 Å². The van der Waals surface area contributed by atoms with Crippen molar-refractivity contribution in [3.63, 3.8) is 0 Å². The van der Waals surface area contributed by atoms with Gasteiger partial charge in [0.15, 0.2) is 0 Å². The van der Waals surface area contributed by atoms with E-state index in [2.05, 4.69) is 15.3 Å². The molecule has 0 unspecified atom stereocenters. The summed E-state index contributed by atoms with van der Waals surface area (Å²) in [7, 11) is 0. The van der Waals surface area contributed by atoms with Gasteiger partial charge in [-0.3, -0.25) is 19.1 Å². The van der Waals surface area contributed by atoms with Crippen LogP contribution in [0.1, 0.15) is 16.8 Å². The number of fused-ring (bicyclic) bond motifs is 1. The Morgan fingerprint density at radius 3 is 2.73 bits per heavy atom. The summed E-state index contributed by atoms with van der Waals surface area (Å²) >= 11 is 0. The maximum atomic E-state index is 12.7. The normalized spacial score (nSPS) is 11.1. The number of aryl methyl sites for hydroxylation is 1. The Balaban J connectivity index is 1.48. The van der Waals surface area contributed by atoms with Crippen molar-refractivity contribution in [1.29, 1.82) is 0 Å². The molecule has 0 aliphatic heterocycles. The summed E-state index contributed by atoms with van der Waals surface area (Å²) in [5.74, 6) is -0.295. The van der Waals surface area contributed by atoms with E-state index in [-0.39, 0.29) is 18.0 Å². The number of pyridine rings is 1. The first-order valence-corrected chi connectivity index (χ1v) is 9.54. The summed E-state index contributed by atoms with van der Waals surface area (Å²) in [6.07, 6.45) is 6.99. The van der Waals surface area contributed by atoms with E-state index in [1.54, 1.807) is 18.3 Å². The highest BCUT2D eigenvalue weighted by Crippen LogP contribution is 2.14. The minimum atomic E-state index is -0.295. The third kappa shape index (κ3) is 4.33. The molecule has 0 bridgehead atoms. The van der Waals surface area contributed by atoms with Crippen LogP contribution < -0.4 is 10.9 Å². The van der Waals surface area contributed by atoms with E-state index in [1.807, 2.05) is 67.6 Å². The number of anilines is 1. The topological polar surface area (TPSA) is 76.9 Å². The van der Waals surface area contributed by atoms with Gasteiger partial charge in [-0.2, -0.15) is 0 Å². The van der Waals surface area contributed by atoms with E-state index >= 15 is 0 Å². The number of para-hydroxylation sites is 1. The van der Waals surface area contributed by atoms with Gasteiger partial charge in [-0.25, -0.2) is 4.98 Å². The van der Waals surface area contributed by atoms with Crippen LogP contribution in [0.4, 0.5) is 5.69 Å². The molecular formula is C24H20N4O2. The lowest BCUT2D eigenvalue weighted by Crippen LogP contribution is -2.28. The number of aromatic nitrogens is 3. The number of hydrogen-bond acceptors (Lipinski definition) is 4. The van der Waals surface area contributed by atoms with Crippen molar-refractivity contribution in [2.75, 3.05) is 5.32 Å². The van der Waals surface area contributed by atoms with Crippen molar-refractivity contribution in [2.24, 2.45) is 0 Å². The molecule has 4 rings (SSSR count). The molecule has 0 aliphatic carbocycles. The van der Waals surface area contributed by atoms with Gasteiger partial charge >= 0.3 is 0 Å². The fourth-order valence-electron chi connectivity index (χ4n) is 3.18. The molecule has 0 saturated carbocycles. The quantitative estimate of drug-likeness (QED) is 0.555. The third-order valence-corrected chi connectivity index (χ3v) is 4.67. The average molecular weight is 396 g/mol. The van der Waals surface area contributed by atoms with E-state index in [0.29, 0.717) is 16.6 Å². The Kier molecular flexibility index (Phi) is 5.48. The Hall–Kier alpha value is -4.06. The second-order valence-electron chi connectivity index (χ2n) is 6.91. The maximum absolute atomic E-state index is 12.7. The first-order valence-electron chi connectivity index (χ1n) is 9.54. The SMILES string of the molecule is Cc1cccc2c(=O)n(CC(=O)Nc3cccc(/C=C/c4ccccn4)c3)cnc12. The van der Waals surface area contributed by atoms with Gasteiger partial charge in [0.1, 0.15) is 6.54 Å². The maximum Gasteiger partial charge on any atom is 0.261 e. The summed E-state index contributed by atoms with van der Waals surface area (Å²) in [4.78, 5) is 33.8. The molecule has 0 fully saturated rings. The number of amides is 1. The first kappa shape index (κ1) is 19.3. The number of nitrogens with one attached hydrogen (secondary N) is 1. The predicted molar refractivity (Wildman–Crippen MR) is 119 cm³/mol. The van der Waals surface area contributed by atoms with E-state index in [1.165, 1.54) is 10.9 Å². The van der Waals surface area contributed by atoms with Gasteiger partial charge in [-0.1, -0.05) is 36.4 Å². The van der Waals surface area contributed by atoms with Crippen LogP contribution in [-0.2, 0) is 11.3 Å². The summed E-state index contributed by atoms with van der Waals surface area (Å²) in [6, 6.07) is 18.6. The lowest BCUT2D eigenvalue weighted by atomic mass is 10.1. The van der Waals surface area contributed by atoms with E-state index in [9.17, 15) is 9.59 Å². The lowest BCUT2D eigenvalue weighted by molar-refractivity contribution is -0.116. The number of rotatable bonds is 5. The number of nitrogens with zero attached hydrogens (tertiary/aromatic N) is 3. The van der Waals surface area contributed by atoms with Crippen LogP contribution in [0, 0.1) is 6.92 Å². The van der Waals surface area contributed by atoms with Crippen molar-refractivity contribution < 1.29 is 4.79 Å². The molecule has 0 atom stereocenters. The molecule has 2 aromatic carbocycles. The molecule has 0 spiro atoms. The number of hydrogen-bond donors (Lipinski definition) is 1. The summed E-state index contributed by atoms with van der Waals surface area (Å²) in [5.41, 5.74) is 3.79. The second-order valence-corrected chi connectivity index (χ2v) is 6.91. The lowest BCUT2D eigenvalue weighted by Gasteiger charge is -2.09. The van der Waals surface area contributed by atoms with Gasteiger partial charge < -0.3 is 5.32 Å². The van der Waals surface area contributed by atoms with Gasteiger partial charge in [0, 0.05) is 11.9 Å². The molecule has 2 heterocycles. The molecule has 148 valence electrons. The molecule has 2 aromatic heterocycles. The summed E-state index contributed by atoms with van der Waals surface area (Å²) < 4.78 is 1.32. The molecule has 0 radical (unpaired) electrons. The van der Waals surface area contributed by atoms with E-state index < -0.39 is 0 Å². The highest BCUT2D eigenvalue weighted by molar-refractivity contribution is 5.91. The van der Waals surface area contributed by atoms with Crippen molar-refractivity contribution in [2.45, 2.75) is 13.5 Å². The van der Waals surface area contributed by atoms with Crippen LogP contribution in [0.25, 0.3) is 23.1 Å². The molecule has 6 nitrogen and oxygen atoms in total. The summed E-state index contributed by atoms with van der Waals surface area (Å²) in [5, 5.41) is 3.35. The van der Waals surface area contributed by atoms with Crippen LogP contribution in [-0.4, -0.2) is 20.4 Å². The molecule has 1 amide bonds. The molecule has 30 heavy (non-hydrogen) atoms. The Morgan fingerprint density at radius 2 is 1.90 bits per heavy atom. The molecule has 0 saturated heterocycles. The minimum absolute atomic E-state index is 0.107. The molecular weight excluding hydrogens is 376 g/mol. The highest BCUT2D eigenvalue weighted by atomic mass is 16.2. The van der Waals surface area contributed by atoms with Gasteiger partial charge in [0.05, 0.1) is 22.9 Å². The third-order valence-electron chi connectivity index (χ3n) is 4.67. The molecule has 4 aromatic rings. The Bertz CT molecular complexity index is 1290. The molecule has 6 heteroatoms. The van der Waals surface area contributed by atoms with Gasteiger partial charge in [-0.05, 0) is 54.5 Å². The highest BCUT2D eigenvalue weighted by Gasteiger charge is 2.09. The van der Waals surface area contributed by atoms with Crippen molar-refractivity contribution in [1.82, 2.24) is 14.5 Å². The largest absolute Gasteiger partial charge is 0.325 e. The average Bonchev–Trinajstić information content (AvgIpc) is 2.76. The fourth-order valence-corrected chi connectivity index (χ4v) is 3.18. The van der Waals surface area contributed by atoms with Crippen LogP contribution in [0.5, 0.6) is 0 Å². The molecule has 1 N–H and O–H groups in total. The van der Waals surface area contributed by atoms with Gasteiger partial charge in [-0.15, -0.1) is 0 Å². The monoisotopic (exact) mass is 396 g/mol. The van der Waals surface area contributed by atoms with Crippen LogP contribution in [0.3, 0.4) is 0 Å². The Morgan fingerprint density at radius 1 is 1.03 bits per heavy atom. The first-order chi connectivity index (χ1) is 14.6. The van der Waals surface area contributed by atoms with Crippen molar-refractivity contribution in [3.8, 4) is 0 Å². The van der Waals surface area contributed by atoms with E-state index in [4.69, 9.17) is 0 Å². The molecule has 0 aliphatic rings. The number of carbonyl (C=O) groups excluding carboxylic acids is 1. The number of carbonyl (C=O) groups is 1. The summed E-state index contributed by atoms with van der Waals surface area (Å²) in [6.45, 7) is 1.80. The van der Waals surface area contributed by atoms with Crippen molar-refractivity contribution >= 4 is 34.6 Å².